The Balaban J connectivity index is 1.92. The van der Waals surface area contributed by atoms with E-state index in [1.807, 2.05) is 0 Å². The Hall–Kier alpha value is -0.640. The van der Waals surface area contributed by atoms with Crippen LogP contribution in [-0.4, -0.2) is 16.5 Å². The summed E-state index contributed by atoms with van der Waals surface area (Å²) in [7, 11) is 0. The molecular weight excluding hydrogens is 218 g/mol. The van der Waals surface area contributed by atoms with E-state index in [2.05, 4.69) is 31.2 Å². The van der Waals surface area contributed by atoms with Crippen LogP contribution < -0.4 is 5.32 Å². The van der Waals surface area contributed by atoms with Gasteiger partial charge in [0.05, 0.1) is 12.4 Å². The molecular formula is C8H10BrN3. The van der Waals surface area contributed by atoms with Gasteiger partial charge in [0.25, 0.3) is 0 Å². The van der Waals surface area contributed by atoms with Crippen LogP contribution in [0.1, 0.15) is 12.8 Å². The van der Waals surface area contributed by atoms with E-state index in [0.717, 1.165) is 22.9 Å². The van der Waals surface area contributed by atoms with Crippen molar-refractivity contribution in [2.24, 2.45) is 5.92 Å². The average Bonchev–Trinajstić information content (AvgIpc) is 2.84. The molecule has 1 heterocycles. The molecule has 1 fully saturated rings. The minimum atomic E-state index is 0.781. The second-order valence-electron chi connectivity index (χ2n) is 3.05. The highest BCUT2D eigenvalue weighted by Crippen LogP contribution is 2.28. The number of halogens is 1. The maximum atomic E-state index is 4.22. The van der Waals surface area contributed by atoms with Crippen LogP contribution in [0, 0.1) is 5.92 Å². The molecule has 12 heavy (non-hydrogen) atoms. The summed E-state index contributed by atoms with van der Waals surface area (Å²) >= 11 is 3.27. The average molecular weight is 228 g/mol. The highest BCUT2D eigenvalue weighted by Gasteiger charge is 2.20. The first kappa shape index (κ1) is 7.98. The smallest absolute Gasteiger partial charge is 0.145 e. The molecule has 0 aromatic carbocycles. The summed E-state index contributed by atoms with van der Waals surface area (Å²) in [6.45, 7) is 1.03. The Morgan fingerprint density at radius 2 is 2.33 bits per heavy atom. The molecule has 0 spiro atoms. The number of aromatic nitrogens is 2. The predicted molar refractivity (Wildman–Crippen MR) is 50.9 cm³/mol. The summed E-state index contributed by atoms with van der Waals surface area (Å²) < 4.78 is 0.781. The molecule has 0 atom stereocenters. The molecule has 3 nitrogen and oxygen atoms in total. The first-order chi connectivity index (χ1) is 5.84. The number of rotatable bonds is 3. The van der Waals surface area contributed by atoms with Crippen molar-refractivity contribution >= 4 is 21.7 Å². The van der Waals surface area contributed by atoms with E-state index in [0.29, 0.717) is 0 Å². The van der Waals surface area contributed by atoms with Crippen LogP contribution in [0.5, 0.6) is 0 Å². The van der Waals surface area contributed by atoms with Crippen molar-refractivity contribution in [1.82, 2.24) is 9.97 Å². The molecule has 0 amide bonds. The number of hydrogen-bond acceptors (Lipinski definition) is 3. The van der Waals surface area contributed by atoms with Crippen molar-refractivity contribution < 1.29 is 0 Å². The topological polar surface area (TPSA) is 37.8 Å². The van der Waals surface area contributed by atoms with E-state index < -0.39 is 0 Å². The minimum absolute atomic E-state index is 0.781. The Kier molecular flexibility index (Phi) is 2.26. The van der Waals surface area contributed by atoms with Crippen LogP contribution in [0.15, 0.2) is 17.0 Å². The maximum Gasteiger partial charge on any atom is 0.145 e. The maximum absolute atomic E-state index is 4.22. The first-order valence-corrected chi connectivity index (χ1v) is 4.85. The molecule has 1 aromatic rings. The van der Waals surface area contributed by atoms with E-state index >= 15 is 0 Å². The number of nitrogens with zero attached hydrogens (tertiary/aromatic N) is 2. The Morgan fingerprint density at radius 1 is 1.50 bits per heavy atom. The van der Waals surface area contributed by atoms with Gasteiger partial charge in [-0.3, -0.25) is 4.98 Å². The van der Waals surface area contributed by atoms with Crippen molar-refractivity contribution in [2.75, 3.05) is 11.9 Å². The van der Waals surface area contributed by atoms with E-state index in [-0.39, 0.29) is 0 Å². The second-order valence-corrected chi connectivity index (χ2v) is 3.86. The molecule has 4 heteroatoms. The lowest BCUT2D eigenvalue weighted by Crippen LogP contribution is -2.05. The first-order valence-electron chi connectivity index (χ1n) is 4.06. The van der Waals surface area contributed by atoms with Crippen molar-refractivity contribution in [3.63, 3.8) is 0 Å². The third-order valence-electron chi connectivity index (χ3n) is 1.87. The van der Waals surface area contributed by atoms with Crippen molar-refractivity contribution in [2.45, 2.75) is 12.8 Å². The molecule has 1 aliphatic carbocycles. The molecule has 1 aromatic heterocycles. The molecule has 0 aliphatic heterocycles. The molecule has 0 unspecified atom stereocenters. The second kappa shape index (κ2) is 3.39. The summed E-state index contributed by atoms with van der Waals surface area (Å²) in [5.41, 5.74) is 0. The van der Waals surface area contributed by atoms with Crippen LogP contribution in [0.3, 0.4) is 0 Å². The SMILES string of the molecule is Brc1cncc(NCC2CC2)n1. The molecule has 1 aliphatic rings. The van der Waals surface area contributed by atoms with Crippen molar-refractivity contribution in [3.8, 4) is 0 Å². The van der Waals surface area contributed by atoms with E-state index in [1.165, 1.54) is 12.8 Å². The van der Waals surface area contributed by atoms with Gasteiger partial charge in [0.2, 0.25) is 0 Å². The minimum Gasteiger partial charge on any atom is -0.368 e. The van der Waals surface area contributed by atoms with Crippen molar-refractivity contribution in [1.29, 1.82) is 0 Å². The van der Waals surface area contributed by atoms with E-state index in [4.69, 9.17) is 0 Å². The van der Waals surface area contributed by atoms with Crippen LogP contribution in [-0.2, 0) is 0 Å². The monoisotopic (exact) mass is 227 g/mol. The van der Waals surface area contributed by atoms with Crippen molar-refractivity contribution in [3.05, 3.63) is 17.0 Å². The van der Waals surface area contributed by atoms with Crippen LogP contribution >= 0.6 is 15.9 Å². The van der Waals surface area contributed by atoms with Gasteiger partial charge in [-0.25, -0.2) is 4.98 Å². The van der Waals surface area contributed by atoms with E-state index in [9.17, 15) is 0 Å². The summed E-state index contributed by atoms with van der Waals surface area (Å²) in [5, 5.41) is 3.24. The lowest BCUT2D eigenvalue weighted by atomic mass is 10.4. The highest BCUT2D eigenvalue weighted by molar-refractivity contribution is 9.10. The zero-order valence-corrected chi connectivity index (χ0v) is 8.21. The van der Waals surface area contributed by atoms with E-state index in [1.54, 1.807) is 12.4 Å². The van der Waals surface area contributed by atoms with Gasteiger partial charge in [-0.05, 0) is 34.7 Å². The zero-order chi connectivity index (χ0) is 8.39. The molecule has 2 rings (SSSR count). The molecule has 64 valence electrons. The number of anilines is 1. The fourth-order valence-electron chi connectivity index (χ4n) is 0.998. The predicted octanol–water partition coefficient (Wildman–Crippen LogP) is 2.06. The van der Waals surface area contributed by atoms with Crippen LogP contribution in [0.2, 0.25) is 0 Å². The third kappa shape index (κ3) is 2.17. The van der Waals surface area contributed by atoms with Crippen LogP contribution in [0.25, 0.3) is 0 Å². The van der Waals surface area contributed by atoms with Gasteiger partial charge in [0.15, 0.2) is 0 Å². The number of hydrogen-bond donors (Lipinski definition) is 1. The van der Waals surface area contributed by atoms with Gasteiger partial charge < -0.3 is 5.32 Å². The van der Waals surface area contributed by atoms with Crippen LogP contribution in [0.4, 0.5) is 5.82 Å². The lowest BCUT2D eigenvalue weighted by molar-refractivity contribution is 0.879. The third-order valence-corrected chi connectivity index (χ3v) is 2.26. The Morgan fingerprint density at radius 3 is 3.00 bits per heavy atom. The molecule has 0 saturated heterocycles. The quantitative estimate of drug-likeness (QED) is 0.860. The lowest BCUT2D eigenvalue weighted by Gasteiger charge is -2.02. The Labute approximate surface area is 79.7 Å². The summed E-state index contributed by atoms with van der Waals surface area (Å²) in [6.07, 6.45) is 6.14. The van der Waals surface area contributed by atoms with Gasteiger partial charge in [-0.1, -0.05) is 0 Å². The normalized spacial score (nSPS) is 16.1. The van der Waals surface area contributed by atoms with Gasteiger partial charge in [-0.15, -0.1) is 0 Å². The fraction of sp³-hybridized carbons (Fsp3) is 0.500. The Bertz CT molecular complexity index is 273. The fourth-order valence-corrected chi connectivity index (χ4v) is 1.31. The summed E-state index contributed by atoms with van der Waals surface area (Å²) in [6, 6.07) is 0. The molecule has 1 saturated carbocycles. The molecule has 0 bridgehead atoms. The highest BCUT2D eigenvalue weighted by atomic mass is 79.9. The number of nitrogens with one attached hydrogen (secondary N) is 1. The standard InChI is InChI=1S/C8H10BrN3/c9-7-4-10-5-8(12-7)11-3-6-1-2-6/h4-6H,1-3H2,(H,11,12). The van der Waals surface area contributed by atoms with Gasteiger partial charge in [0, 0.05) is 6.54 Å². The van der Waals surface area contributed by atoms with Gasteiger partial charge in [0.1, 0.15) is 10.4 Å². The molecule has 0 radical (unpaired) electrons. The largest absolute Gasteiger partial charge is 0.368 e. The molecule has 1 N–H and O–H groups in total. The van der Waals surface area contributed by atoms with Gasteiger partial charge in [-0.2, -0.15) is 0 Å². The summed E-state index contributed by atoms with van der Waals surface area (Å²) in [4.78, 5) is 8.23. The summed E-state index contributed by atoms with van der Waals surface area (Å²) in [5.74, 6) is 1.72. The van der Waals surface area contributed by atoms with Gasteiger partial charge >= 0.3 is 0 Å². The zero-order valence-electron chi connectivity index (χ0n) is 6.63.